The molecule has 1 aromatic rings. The second-order valence-electron chi connectivity index (χ2n) is 7.14. The first-order valence-corrected chi connectivity index (χ1v) is 9.03. The Balaban J connectivity index is 2.29. The van der Waals surface area contributed by atoms with Gasteiger partial charge in [-0.1, -0.05) is 20.8 Å². The highest BCUT2D eigenvalue weighted by Crippen LogP contribution is 2.35. The van der Waals surface area contributed by atoms with Gasteiger partial charge in [-0.3, -0.25) is 4.90 Å². The minimum Gasteiger partial charge on any atom is -0.309 e. The minimum absolute atomic E-state index is 0.229. The van der Waals surface area contributed by atoms with E-state index in [2.05, 4.69) is 63.7 Å². The maximum Gasteiger partial charge on any atom is 0.0900 e. The molecule has 21 heavy (non-hydrogen) atoms. The fraction of sp³-hybridized carbons (Fsp3) is 0.824. The van der Waals surface area contributed by atoms with Crippen molar-refractivity contribution in [1.29, 1.82) is 0 Å². The van der Waals surface area contributed by atoms with Crippen LogP contribution in [0.25, 0.3) is 0 Å². The molecule has 1 saturated heterocycles. The molecular weight excluding hydrogens is 278 g/mol. The molecule has 0 amide bonds. The van der Waals surface area contributed by atoms with Crippen LogP contribution in [0.1, 0.15) is 62.7 Å². The highest BCUT2D eigenvalue weighted by Gasteiger charge is 2.38. The van der Waals surface area contributed by atoms with E-state index in [1.165, 1.54) is 22.0 Å². The van der Waals surface area contributed by atoms with Crippen LogP contribution in [0, 0.1) is 19.8 Å². The Morgan fingerprint density at radius 2 is 2.05 bits per heavy atom. The Bertz CT molecular complexity index is 482. The molecule has 0 radical (unpaired) electrons. The van der Waals surface area contributed by atoms with Gasteiger partial charge in [0.15, 0.2) is 0 Å². The van der Waals surface area contributed by atoms with Crippen molar-refractivity contribution in [2.24, 2.45) is 5.92 Å². The third kappa shape index (κ3) is 3.49. The molecule has 3 nitrogen and oxygen atoms in total. The number of hydrogen-bond acceptors (Lipinski definition) is 4. The molecule has 0 bridgehead atoms. The molecule has 1 aliphatic heterocycles. The number of thiazole rings is 1. The Labute approximate surface area is 134 Å². The first kappa shape index (κ1) is 16.9. The summed E-state index contributed by atoms with van der Waals surface area (Å²) in [7, 11) is 0. The molecule has 1 aliphatic rings. The number of nitrogens with zero attached hydrogens (tertiary/aromatic N) is 2. The maximum absolute atomic E-state index is 4.63. The van der Waals surface area contributed by atoms with Crippen LogP contribution >= 0.6 is 11.3 Å². The maximum atomic E-state index is 4.63. The number of aromatic nitrogens is 1. The molecule has 120 valence electrons. The van der Waals surface area contributed by atoms with Gasteiger partial charge in [0, 0.05) is 35.6 Å². The van der Waals surface area contributed by atoms with E-state index in [1.807, 2.05) is 11.3 Å². The highest BCUT2D eigenvalue weighted by atomic mass is 32.1. The van der Waals surface area contributed by atoms with Crippen molar-refractivity contribution in [3.05, 3.63) is 15.6 Å². The van der Waals surface area contributed by atoms with Crippen LogP contribution in [-0.2, 0) is 0 Å². The smallest absolute Gasteiger partial charge is 0.0900 e. The molecule has 3 atom stereocenters. The lowest BCUT2D eigenvalue weighted by atomic mass is 9.88. The van der Waals surface area contributed by atoms with E-state index in [0.29, 0.717) is 18.0 Å². The second kappa shape index (κ2) is 6.35. The van der Waals surface area contributed by atoms with Crippen LogP contribution in [-0.4, -0.2) is 34.6 Å². The molecule has 3 unspecified atom stereocenters. The third-order valence-electron chi connectivity index (χ3n) is 5.06. The second-order valence-corrected chi connectivity index (χ2v) is 8.37. The van der Waals surface area contributed by atoms with Gasteiger partial charge < -0.3 is 5.32 Å². The predicted molar refractivity (Wildman–Crippen MR) is 92.0 cm³/mol. The lowest BCUT2D eigenvalue weighted by Crippen LogP contribution is -2.64. The number of aryl methyl sites for hydroxylation is 2. The van der Waals surface area contributed by atoms with Gasteiger partial charge in [0.1, 0.15) is 0 Å². The van der Waals surface area contributed by atoms with Gasteiger partial charge in [-0.25, -0.2) is 4.98 Å². The van der Waals surface area contributed by atoms with Crippen LogP contribution in [0.5, 0.6) is 0 Å². The molecule has 4 heteroatoms. The number of rotatable bonds is 4. The molecule has 2 rings (SSSR count). The summed E-state index contributed by atoms with van der Waals surface area (Å²) in [6, 6.07) is 1.05. The fourth-order valence-electron chi connectivity index (χ4n) is 3.41. The van der Waals surface area contributed by atoms with Gasteiger partial charge in [-0.15, -0.1) is 11.3 Å². The van der Waals surface area contributed by atoms with Gasteiger partial charge in [0.2, 0.25) is 0 Å². The summed E-state index contributed by atoms with van der Waals surface area (Å²) < 4.78 is 0. The van der Waals surface area contributed by atoms with Crippen molar-refractivity contribution in [2.75, 3.05) is 13.1 Å². The van der Waals surface area contributed by atoms with Crippen molar-refractivity contribution < 1.29 is 0 Å². The van der Waals surface area contributed by atoms with Crippen molar-refractivity contribution in [2.45, 2.75) is 72.5 Å². The summed E-state index contributed by atoms with van der Waals surface area (Å²) in [6.07, 6.45) is 1.17. The zero-order chi connectivity index (χ0) is 15.8. The Morgan fingerprint density at radius 1 is 1.38 bits per heavy atom. The SMILES string of the molecule is CCC1(C)CN(C(C)c2sc(C)nc2C)C(C(C)C)CN1. The van der Waals surface area contributed by atoms with E-state index in [-0.39, 0.29) is 5.54 Å². The average molecular weight is 310 g/mol. The van der Waals surface area contributed by atoms with Crippen molar-refractivity contribution in [1.82, 2.24) is 15.2 Å². The van der Waals surface area contributed by atoms with E-state index < -0.39 is 0 Å². The van der Waals surface area contributed by atoms with Gasteiger partial charge in [0.05, 0.1) is 10.7 Å². The molecule has 0 saturated carbocycles. The molecular formula is C17H31N3S. The molecule has 2 heterocycles. The van der Waals surface area contributed by atoms with Crippen LogP contribution in [0.2, 0.25) is 0 Å². The average Bonchev–Trinajstić information content (AvgIpc) is 2.76. The van der Waals surface area contributed by atoms with E-state index in [4.69, 9.17) is 0 Å². The topological polar surface area (TPSA) is 28.2 Å². The predicted octanol–water partition coefficient (Wildman–Crippen LogP) is 3.92. The van der Waals surface area contributed by atoms with Crippen LogP contribution in [0.4, 0.5) is 0 Å². The minimum atomic E-state index is 0.229. The molecule has 1 aromatic heterocycles. The molecule has 1 N–H and O–H groups in total. The summed E-state index contributed by atoms with van der Waals surface area (Å²) in [4.78, 5) is 8.79. The lowest BCUT2D eigenvalue weighted by molar-refractivity contribution is 0.0304. The molecule has 1 fully saturated rings. The first-order chi connectivity index (χ1) is 9.77. The summed E-state index contributed by atoms with van der Waals surface area (Å²) >= 11 is 1.86. The fourth-order valence-corrected chi connectivity index (χ4v) is 4.41. The van der Waals surface area contributed by atoms with Gasteiger partial charge in [-0.05, 0) is 40.0 Å². The Hall–Kier alpha value is -0.450. The quantitative estimate of drug-likeness (QED) is 0.913. The molecule has 0 aliphatic carbocycles. The van der Waals surface area contributed by atoms with Crippen molar-refractivity contribution in [3.8, 4) is 0 Å². The number of hydrogen-bond donors (Lipinski definition) is 1. The normalized spacial score (nSPS) is 29.0. The van der Waals surface area contributed by atoms with E-state index in [0.717, 1.165) is 13.1 Å². The highest BCUT2D eigenvalue weighted by molar-refractivity contribution is 7.11. The van der Waals surface area contributed by atoms with Crippen LogP contribution < -0.4 is 5.32 Å². The van der Waals surface area contributed by atoms with Gasteiger partial charge in [0.25, 0.3) is 0 Å². The van der Waals surface area contributed by atoms with E-state index >= 15 is 0 Å². The number of nitrogens with one attached hydrogen (secondary N) is 1. The summed E-state index contributed by atoms with van der Waals surface area (Å²) in [5, 5.41) is 4.96. The van der Waals surface area contributed by atoms with Crippen molar-refractivity contribution >= 4 is 11.3 Å². The number of piperazine rings is 1. The Kier molecular flexibility index (Phi) is 5.11. The van der Waals surface area contributed by atoms with Crippen LogP contribution in [0.15, 0.2) is 0 Å². The summed E-state index contributed by atoms with van der Waals surface area (Å²) in [5.74, 6) is 0.663. The Morgan fingerprint density at radius 3 is 2.52 bits per heavy atom. The summed E-state index contributed by atoms with van der Waals surface area (Å²) in [5.41, 5.74) is 1.44. The zero-order valence-electron chi connectivity index (χ0n) is 14.7. The molecule has 0 aromatic carbocycles. The first-order valence-electron chi connectivity index (χ1n) is 8.22. The monoisotopic (exact) mass is 309 g/mol. The zero-order valence-corrected chi connectivity index (χ0v) is 15.5. The van der Waals surface area contributed by atoms with Gasteiger partial charge >= 0.3 is 0 Å². The van der Waals surface area contributed by atoms with Crippen LogP contribution in [0.3, 0.4) is 0 Å². The van der Waals surface area contributed by atoms with Crippen molar-refractivity contribution in [3.63, 3.8) is 0 Å². The van der Waals surface area contributed by atoms with E-state index in [9.17, 15) is 0 Å². The van der Waals surface area contributed by atoms with E-state index in [1.54, 1.807) is 0 Å². The third-order valence-corrected chi connectivity index (χ3v) is 6.30. The standard InChI is InChI=1S/C17H31N3S/c1-8-17(7)10-20(15(9-18-17)11(2)3)13(5)16-12(4)19-14(6)21-16/h11,13,15,18H,8-10H2,1-7H3. The van der Waals surface area contributed by atoms with Gasteiger partial charge in [-0.2, -0.15) is 0 Å². The summed E-state index contributed by atoms with van der Waals surface area (Å²) in [6.45, 7) is 18.1. The molecule has 0 spiro atoms. The lowest BCUT2D eigenvalue weighted by Gasteiger charge is -2.49. The largest absolute Gasteiger partial charge is 0.309 e.